The molecule has 0 N–H and O–H groups in total. The van der Waals surface area contributed by atoms with Gasteiger partial charge in [-0.1, -0.05) is 36.4 Å². The third-order valence-electron chi connectivity index (χ3n) is 5.54. The second-order valence-corrected chi connectivity index (χ2v) is 7.83. The Balaban J connectivity index is 1.49. The first-order valence-electron chi connectivity index (χ1n) is 10.4. The second kappa shape index (κ2) is 9.82. The number of hydrogen-bond acceptors (Lipinski definition) is 5. The molecule has 2 fully saturated rings. The average molecular weight is 409 g/mol. The predicted molar refractivity (Wildman–Crippen MR) is 110 cm³/mol. The molecule has 0 saturated carbocycles. The third-order valence-corrected chi connectivity index (χ3v) is 5.54. The minimum Gasteiger partial charge on any atom is -0.381 e. The zero-order chi connectivity index (χ0) is 20.8. The molecular weight excluding hydrogens is 382 g/mol. The fourth-order valence-electron chi connectivity index (χ4n) is 3.89. The summed E-state index contributed by atoms with van der Waals surface area (Å²) in [5.41, 5.74) is 2.02. The van der Waals surface area contributed by atoms with Gasteiger partial charge in [0.05, 0.1) is 31.8 Å². The molecule has 1 aromatic carbocycles. The van der Waals surface area contributed by atoms with Crippen LogP contribution in [0.5, 0.6) is 0 Å². The number of aromatic nitrogens is 1. The van der Waals surface area contributed by atoms with Gasteiger partial charge in [0.15, 0.2) is 0 Å². The monoisotopic (exact) mass is 409 g/mol. The van der Waals surface area contributed by atoms with E-state index in [4.69, 9.17) is 9.47 Å². The smallest absolute Gasteiger partial charge is 0.242 e. The molecule has 7 heteroatoms. The summed E-state index contributed by atoms with van der Waals surface area (Å²) in [5, 5.41) is 0. The molecule has 1 aromatic heterocycles. The number of ether oxygens (including phenoxy) is 2. The van der Waals surface area contributed by atoms with Crippen LogP contribution in [0.2, 0.25) is 0 Å². The lowest BCUT2D eigenvalue weighted by Gasteiger charge is -2.26. The van der Waals surface area contributed by atoms with Crippen molar-refractivity contribution in [3.05, 3.63) is 66.0 Å². The van der Waals surface area contributed by atoms with Crippen LogP contribution in [0, 0.1) is 5.92 Å². The largest absolute Gasteiger partial charge is 0.381 e. The van der Waals surface area contributed by atoms with Crippen LogP contribution in [0.1, 0.15) is 17.5 Å². The second-order valence-electron chi connectivity index (χ2n) is 7.83. The van der Waals surface area contributed by atoms with Gasteiger partial charge in [0.1, 0.15) is 0 Å². The van der Waals surface area contributed by atoms with Gasteiger partial charge in [0.2, 0.25) is 11.8 Å². The van der Waals surface area contributed by atoms with Crippen LogP contribution in [0.25, 0.3) is 0 Å². The molecule has 158 valence electrons. The number of pyridine rings is 1. The molecule has 7 nitrogen and oxygen atoms in total. The van der Waals surface area contributed by atoms with E-state index in [1.165, 1.54) is 0 Å². The van der Waals surface area contributed by atoms with Gasteiger partial charge in [-0.2, -0.15) is 0 Å². The molecule has 2 aliphatic rings. The molecule has 0 bridgehead atoms. The first-order valence-corrected chi connectivity index (χ1v) is 10.4. The molecular formula is C23H27N3O4. The highest BCUT2D eigenvalue weighted by Crippen LogP contribution is 2.19. The van der Waals surface area contributed by atoms with Crippen LogP contribution in [-0.4, -0.2) is 65.6 Å². The van der Waals surface area contributed by atoms with E-state index in [1.807, 2.05) is 42.5 Å². The van der Waals surface area contributed by atoms with Gasteiger partial charge >= 0.3 is 0 Å². The molecule has 2 aromatic rings. The van der Waals surface area contributed by atoms with Gasteiger partial charge in [-0.25, -0.2) is 0 Å². The standard InChI is InChI=1S/C23H27N3O4/c27-22-15-26(23(28)20-8-10-29-17-20)14-21(30-16-18-5-2-1-3-6-18)13-25(22)12-19-7-4-9-24-11-19/h1-7,9,11,20-21H,8,10,12-17H2/t20-,21+/m0/s1. The Labute approximate surface area is 176 Å². The molecule has 0 aliphatic carbocycles. The van der Waals surface area contributed by atoms with Gasteiger partial charge in [0, 0.05) is 38.6 Å². The van der Waals surface area contributed by atoms with Crippen LogP contribution in [0.4, 0.5) is 0 Å². The summed E-state index contributed by atoms with van der Waals surface area (Å²) in [4.78, 5) is 33.5. The van der Waals surface area contributed by atoms with Crippen molar-refractivity contribution in [3.8, 4) is 0 Å². The Bertz CT molecular complexity index is 840. The van der Waals surface area contributed by atoms with Crippen molar-refractivity contribution in [1.82, 2.24) is 14.8 Å². The Morgan fingerprint density at radius 1 is 1.13 bits per heavy atom. The van der Waals surface area contributed by atoms with E-state index >= 15 is 0 Å². The summed E-state index contributed by atoms with van der Waals surface area (Å²) < 4.78 is 11.6. The van der Waals surface area contributed by atoms with Crippen molar-refractivity contribution < 1.29 is 19.1 Å². The Morgan fingerprint density at radius 2 is 1.97 bits per heavy atom. The number of nitrogens with zero attached hydrogens (tertiary/aromatic N) is 3. The number of carbonyl (C=O) groups excluding carboxylic acids is 2. The highest BCUT2D eigenvalue weighted by Gasteiger charge is 2.35. The van der Waals surface area contributed by atoms with Gasteiger partial charge in [-0.05, 0) is 23.6 Å². The number of carbonyl (C=O) groups is 2. The molecule has 30 heavy (non-hydrogen) atoms. The topological polar surface area (TPSA) is 72.0 Å². The summed E-state index contributed by atoms with van der Waals surface area (Å²) in [6.07, 6.45) is 3.92. The van der Waals surface area contributed by atoms with E-state index in [1.54, 1.807) is 22.2 Å². The Hall–Kier alpha value is -2.77. The fourth-order valence-corrected chi connectivity index (χ4v) is 3.89. The van der Waals surface area contributed by atoms with E-state index in [0.717, 1.165) is 11.1 Å². The quantitative estimate of drug-likeness (QED) is 0.729. The number of amides is 2. The molecule has 2 amide bonds. The first-order chi connectivity index (χ1) is 14.7. The number of rotatable bonds is 6. The van der Waals surface area contributed by atoms with Crippen LogP contribution >= 0.6 is 0 Å². The minimum absolute atomic E-state index is 0.0163. The van der Waals surface area contributed by atoms with E-state index < -0.39 is 0 Å². The van der Waals surface area contributed by atoms with Gasteiger partial charge < -0.3 is 19.3 Å². The lowest BCUT2D eigenvalue weighted by molar-refractivity contribution is -0.141. The van der Waals surface area contributed by atoms with Crippen molar-refractivity contribution in [2.45, 2.75) is 25.7 Å². The van der Waals surface area contributed by atoms with E-state index in [2.05, 4.69) is 4.98 Å². The van der Waals surface area contributed by atoms with Gasteiger partial charge in [0.25, 0.3) is 0 Å². The summed E-state index contributed by atoms with van der Waals surface area (Å²) >= 11 is 0. The van der Waals surface area contributed by atoms with Crippen LogP contribution in [-0.2, 0) is 32.2 Å². The Morgan fingerprint density at radius 3 is 2.70 bits per heavy atom. The molecule has 2 atom stereocenters. The first kappa shape index (κ1) is 20.5. The summed E-state index contributed by atoms with van der Waals surface area (Å²) in [7, 11) is 0. The van der Waals surface area contributed by atoms with Crippen molar-refractivity contribution in [2.75, 3.05) is 32.8 Å². The summed E-state index contributed by atoms with van der Waals surface area (Å²) in [6.45, 7) is 2.82. The lowest BCUT2D eigenvalue weighted by atomic mass is 10.1. The maximum absolute atomic E-state index is 13.0. The van der Waals surface area contributed by atoms with Crippen LogP contribution in [0.15, 0.2) is 54.9 Å². The highest BCUT2D eigenvalue weighted by molar-refractivity contribution is 5.86. The maximum Gasteiger partial charge on any atom is 0.242 e. The maximum atomic E-state index is 13.0. The van der Waals surface area contributed by atoms with Gasteiger partial charge in [-0.15, -0.1) is 0 Å². The molecule has 2 saturated heterocycles. The highest BCUT2D eigenvalue weighted by atomic mass is 16.5. The van der Waals surface area contributed by atoms with Crippen molar-refractivity contribution in [3.63, 3.8) is 0 Å². The predicted octanol–water partition coefficient (Wildman–Crippen LogP) is 1.87. The van der Waals surface area contributed by atoms with Gasteiger partial charge in [-0.3, -0.25) is 14.6 Å². The van der Waals surface area contributed by atoms with Crippen molar-refractivity contribution in [1.29, 1.82) is 0 Å². The third kappa shape index (κ3) is 5.23. The minimum atomic E-state index is -0.264. The van der Waals surface area contributed by atoms with Crippen molar-refractivity contribution >= 4 is 11.8 Å². The SMILES string of the molecule is O=C1CN(C(=O)[C@H]2CCOC2)C[C@H](OCc2ccccc2)CN1Cc1cccnc1. The summed E-state index contributed by atoms with van der Waals surface area (Å²) in [6, 6.07) is 13.7. The lowest BCUT2D eigenvalue weighted by Crippen LogP contribution is -2.43. The molecule has 0 unspecified atom stereocenters. The fraction of sp³-hybridized carbons (Fsp3) is 0.435. The van der Waals surface area contributed by atoms with Crippen LogP contribution in [0.3, 0.4) is 0 Å². The molecule has 3 heterocycles. The number of hydrogen-bond donors (Lipinski definition) is 0. The van der Waals surface area contributed by atoms with E-state index in [0.29, 0.717) is 45.9 Å². The summed E-state index contributed by atoms with van der Waals surface area (Å²) in [5.74, 6) is -0.258. The number of benzene rings is 1. The van der Waals surface area contributed by atoms with E-state index in [9.17, 15) is 9.59 Å². The molecule has 4 rings (SSSR count). The molecule has 0 spiro atoms. The zero-order valence-corrected chi connectivity index (χ0v) is 17.0. The molecule has 2 aliphatic heterocycles. The van der Waals surface area contributed by atoms with Crippen LogP contribution < -0.4 is 0 Å². The molecule has 0 radical (unpaired) electrons. The normalized spacial score (nSPS) is 22.2. The van der Waals surface area contributed by atoms with E-state index in [-0.39, 0.29) is 30.4 Å². The van der Waals surface area contributed by atoms with Crippen molar-refractivity contribution in [2.24, 2.45) is 5.92 Å². The zero-order valence-electron chi connectivity index (χ0n) is 17.0. The Kier molecular flexibility index (Phi) is 6.71. The average Bonchev–Trinajstić information content (AvgIpc) is 3.27.